The van der Waals surface area contributed by atoms with E-state index in [4.69, 9.17) is 11.6 Å². The smallest absolute Gasteiger partial charge is 0.0948 e. The molecule has 106 valence electrons. The van der Waals surface area contributed by atoms with E-state index in [1.54, 1.807) is 0 Å². The summed E-state index contributed by atoms with van der Waals surface area (Å²) in [5.74, 6) is 1.40. The Morgan fingerprint density at radius 3 is 2.65 bits per heavy atom. The first kappa shape index (κ1) is 13.7. The van der Waals surface area contributed by atoms with Crippen LogP contribution in [-0.4, -0.2) is 11.0 Å². The minimum absolute atomic E-state index is 0.523. The average Bonchev–Trinajstić information content (AvgIpc) is 2.46. The van der Waals surface area contributed by atoms with Crippen LogP contribution in [0.15, 0.2) is 30.5 Å². The summed E-state index contributed by atoms with van der Waals surface area (Å²) in [6, 6.07) is 8.51. The number of fused-ring (bicyclic) bond motifs is 1. The second kappa shape index (κ2) is 5.61. The SMILES string of the molecule is CC1CCCC(C)C1Nc1ccc(Cl)c2cccnc12. The highest BCUT2D eigenvalue weighted by molar-refractivity contribution is 6.35. The third-order valence-corrected chi connectivity index (χ3v) is 4.91. The number of pyridine rings is 1. The highest BCUT2D eigenvalue weighted by Crippen LogP contribution is 2.34. The number of benzene rings is 1. The van der Waals surface area contributed by atoms with Gasteiger partial charge in [0.05, 0.1) is 16.2 Å². The molecule has 0 radical (unpaired) electrons. The molecule has 2 nitrogen and oxygen atoms in total. The normalized spacial score (nSPS) is 26.6. The lowest BCUT2D eigenvalue weighted by atomic mass is 9.78. The summed E-state index contributed by atoms with van der Waals surface area (Å²) in [4.78, 5) is 4.51. The van der Waals surface area contributed by atoms with Crippen LogP contribution < -0.4 is 5.32 Å². The van der Waals surface area contributed by atoms with E-state index in [2.05, 4.69) is 30.2 Å². The zero-order valence-corrected chi connectivity index (χ0v) is 12.8. The molecule has 2 unspecified atom stereocenters. The Bertz CT molecular complexity index is 601. The van der Waals surface area contributed by atoms with Crippen molar-refractivity contribution in [1.29, 1.82) is 0 Å². The summed E-state index contributed by atoms with van der Waals surface area (Å²) >= 11 is 6.26. The second-order valence-corrected chi connectivity index (χ2v) is 6.46. The Hall–Kier alpha value is -1.28. The Morgan fingerprint density at radius 2 is 1.90 bits per heavy atom. The highest BCUT2D eigenvalue weighted by atomic mass is 35.5. The molecule has 1 heterocycles. The van der Waals surface area contributed by atoms with E-state index in [0.29, 0.717) is 17.9 Å². The van der Waals surface area contributed by atoms with Gasteiger partial charge in [0.15, 0.2) is 0 Å². The van der Waals surface area contributed by atoms with Gasteiger partial charge in [-0.3, -0.25) is 4.98 Å². The molecule has 1 fully saturated rings. The maximum absolute atomic E-state index is 6.26. The molecule has 1 N–H and O–H groups in total. The van der Waals surface area contributed by atoms with E-state index < -0.39 is 0 Å². The van der Waals surface area contributed by atoms with Crippen molar-refractivity contribution in [2.75, 3.05) is 5.32 Å². The number of hydrogen-bond acceptors (Lipinski definition) is 2. The first-order valence-corrected chi connectivity index (χ1v) is 7.84. The Labute approximate surface area is 125 Å². The minimum atomic E-state index is 0.523. The molecule has 0 spiro atoms. The monoisotopic (exact) mass is 288 g/mol. The zero-order chi connectivity index (χ0) is 14.1. The van der Waals surface area contributed by atoms with Crippen molar-refractivity contribution in [3.05, 3.63) is 35.5 Å². The second-order valence-electron chi connectivity index (χ2n) is 6.05. The number of hydrogen-bond donors (Lipinski definition) is 1. The van der Waals surface area contributed by atoms with E-state index in [1.165, 1.54) is 19.3 Å². The van der Waals surface area contributed by atoms with Crippen molar-refractivity contribution < 1.29 is 0 Å². The van der Waals surface area contributed by atoms with E-state index in [0.717, 1.165) is 21.6 Å². The summed E-state index contributed by atoms with van der Waals surface area (Å²) in [7, 11) is 0. The van der Waals surface area contributed by atoms with Crippen LogP contribution in [0.4, 0.5) is 5.69 Å². The first-order valence-electron chi connectivity index (χ1n) is 7.46. The molecule has 20 heavy (non-hydrogen) atoms. The van der Waals surface area contributed by atoms with Gasteiger partial charge >= 0.3 is 0 Å². The van der Waals surface area contributed by atoms with Gasteiger partial charge in [0.1, 0.15) is 0 Å². The summed E-state index contributed by atoms with van der Waals surface area (Å²) in [6.45, 7) is 4.69. The molecule has 1 aliphatic rings. The van der Waals surface area contributed by atoms with Crippen molar-refractivity contribution >= 4 is 28.2 Å². The summed E-state index contributed by atoms with van der Waals surface area (Å²) in [6.07, 6.45) is 5.79. The topological polar surface area (TPSA) is 24.9 Å². The fraction of sp³-hybridized carbons (Fsp3) is 0.471. The van der Waals surface area contributed by atoms with Crippen molar-refractivity contribution in [3.63, 3.8) is 0 Å². The van der Waals surface area contributed by atoms with Crippen LogP contribution in [0.2, 0.25) is 5.02 Å². The van der Waals surface area contributed by atoms with E-state index in [9.17, 15) is 0 Å². The third kappa shape index (κ3) is 2.49. The molecular formula is C17H21ClN2. The van der Waals surface area contributed by atoms with Crippen LogP contribution in [-0.2, 0) is 0 Å². The zero-order valence-electron chi connectivity index (χ0n) is 12.1. The van der Waals surface area contributed by atoms with Gasteiger partial charge in [0.2, 0.25) is 0 Å². The van der Waals surface area contributed by atoms with Gasteiger partial charge in [-0.05, 0) is 48.9 Å². The maximum atomic E-state index is 6.26. The molecule has 0 saturated heterocycles. The maximum Gasteiger partial charge on any atom is 0.0948 e. The molecule has 1 saturated carbocycles. The quantitative estimate of drug-likeness (QED) is 0.829. The third-order valence-electron chi connectivity index (χ3n) is 4.58. The van der Waals surface area contributed by atoms with Gasteiger partial charge in [0.25, 0.3) is 0 Å². The fourth-order valence-electron chi connectivity index (χ4n) is 3.40. The molecule has 1 aromatic carbocycles. The van der Waals surface area contributed by atoms with Gasteiger partial charge < -0.3 is 5.32 Å². The number of halogens is 1. The Morgan fingerprint density at radius 1 is 1.15 bits per heavy atom. The van der Waals surface area contributed by atoms with Gasteiger partial charge in [-0.1, -0.05) is 31.9 Å². The molecule has 0 aliphatic heterocycles. The summed E-state index contributed by atoms with van der Waals surface area (Å²) < 4.78 is 0. The average molecular weight is 289 g/mol. The van der Waals surface area contributed by atoms with Gasteiger partial charge in [-0.25, -0.2) is 0 Å². The summed E-state index contributed by atoms with van der Waals surface area (Å²) in [5.41, 5.74) is 2.08. The Balaban J connectivity index is 1.96. The van der Waals surface area contributed by atoms with E-state index in [-0.39, 0.29) is 0 Å². The number of aromatic nitrogens is 1. The Kier molecular flexibility index (Phi) is 3.84. The van der Waals surface area contributed by atoms with Crippen LogP contribution in [0.5, 0.6) is 0 Å². The number of anilines is 1. The molecule has 2 aromatic rings. The lowest BCUT2D eigenvalue weighted by Crippen LogP contribution is -2.37. The van der Waals surface area contributed by atoms with Crippen LogP contribution >= 0.6 is 11.6 Å². The highest BCUT2D eigenvalue weighted by Gasteiger charge is 2.27. The van der Waals surface area contributed by atoms with Gasteiger partial charge in [-0.2, -0.15) is 0 Å². The van der Waals surface area contributed by atoms with Gasteiger partial charge in [-0.15, -0.1) is 0 Å². The van der Waals surface area contributed by atoms with E-state index in [1.807, 2.05) is 24.4 Å². The molecule has 0 amide bonds. The molecule has 2 atom stereocenters. The fourth-order valence-corrected chi connectivity index (χ4v) is 3.62. The molecule has 0 bridgehead atoms. The first-order chi connectivity index (χ1) is 9.66. The van der Waals surface area contributed by atoms with Crippen LogP contribution in [0.1, 0.15) is 33.1 Å². The number of nitrogens with one attached hydrogen (secondary N) is 1. The molecule has 1 aliphatic carbocycles. The largest absolute Gasteiger partial charge is 0.380 e. The van der Waals surface area contributed by atoms with Crippen molar-refractivity contribution in [1.82, 2.24) is 4.98 Å². The summed E-state index contributed by atoms with van der Waals surface area (Å²) in [5, 5.41) is 5.52. The van der Waals surface area contributed by atoms with Crippen molar-refractivity contribution in [3.8, 4) is 0 Å². The lowest BCUT2D eigenvalue weighted by molar-refractivity contribution is 0.268. The predicted octanol–water partition coefficient (Wildman–Crippen LogP) is 5.12. The van der Waals surface area contributed by atoms with Crippen LogP contribution in [0.25, 0.3) is 10.9 Å². The standard InChI is InChI=1S/C17H21ClN2/c1-11-5-3-6-12(2)16(11)20-15-9-8-14(18)13-7-4-10-19-17(13)15/h4,7-12,16,20H,3,5-6H2,1-2H3. The number of nitrogens with zero attached hydrogens (tertiary/aromatic N) is 1. The predicted molar refractivity (Wildman–Crippen MR) is 86.3 cm³/mol. The number of rotatable bonds is 2. The molecule has 3 heteroatoms. The van der Waals surface area contributed by atoms with E-state index >= 15 is 0 Å². The lowest BCUT2D eigenvalue weighted by Gasteiger charge is -2.36. The van der Waals surface area contributed by atoms with Crippen LogP contribution in [0, 0.1) is 11.8 Å². The molecule has 3 rings (SSSR count). The van der Waals surface area contributed by atoms with Crippen molar-refractivity contribution in [2.24, 2.45) is 11.8 Å². The molecular weight excluding hydrogens is 268 g/mol. The van der Waals surface area contributed by atoms with Crippen LogP contribution in [0.3, 0.4) is 0 Å². The molecule has 1 aromatic heterocycles. The van der Waals surface area contributed by atoms with Gasteiger partial charge in [0, 0.05) is 17.6 Å². The van der Waals surface area contributed by atoms with Crippen molar-refractivity contribution in [2.45, 2.75) is 39.2 Å². The minimum Gasteiger partial charge on any atom is -0.380 e.